The number of rotatable bonds is 5. The molecule has 1 saturated carbocycles. The van der Waals surface area contributed by atoms with E-state index in [2.05, 4.69) is 23.8 Å². The van der Waals surface area contributed by atoms with Gasteiger partial charge >= 0.3 is 6.36 Å². The first kappa shape index (κ1) is 25.6. The Labute approximate surface area is 215 Å². The molecule has 3 aliphatic rings. The molecule has 1 fully saturated rings. The number of aliphatic imine (C=N–C) groups is 2. The molecular weight excluding hydrogens is 481 g/mol. The molecule has 2 aliphatic carbocycles. The van der Waals surface area contributed by atoms with Crippen LogP contribution in [0.25, 0.3) is 11.1 Å². The van der Waals surface area contributed by atoms with Gasteiger partial charge in [0.25, 0.3) is 0 Å². The Balaban J connectivity index is 1.64. The van der Waals surface area contributed by atoms with Crippen molar-refractivity contribution in [1.29, 1.82) is 0 Å². The van der Waals surface area contributed by atoms with Gasteiger partial charge in [0.1, 0.15) is 11.6 Å². The number of nitrogens with zero attached hydrogens (tertiary/aromatic N) is 3. The number of hydrogen-bond donors (Lipinski definition) is 1. The van der Waals surface area contributed by atoms with Gasteiger partial charge in [-0.05, 0) is 79.0 Å². The fourth-order valence-electron chi connectivity index (χ4n) is 6.67. The van der Waals surface area contributed by atoms with E-state index in [9.17, 15) is 13.2 Å². The summed E-state index contributed by atoms with van der Waals surface area (Å²) in [5.41, 5.74) is 9.26. The summed E-state index contributed by atoms with van der Waals surface area (Å²) in [5, 5.41) is 0. The molecule has 9 heteroatoms. The molecule has 5 rings (SSSR count). The topological polar surface area (TPSA) is 72.4 Å². The average Bonchev–Trinajstić information content (AvgIpc) is 3.29. The molecule has 0 bridgehead atoms. The number of guanidine groups is 1. The minimum atomic E-state index is -4.75. The summed E-state index contributed by atoms with van der Waals surface area (Å²) in [5.74, 6) is 1.07. The van der Waals surface area contributed by atoms with Crippen molar-refractivity contribution in [2.75, 3.05) is 20.7 Å². The molecule has 2 aromatic rings. The van der Waals surface area contributed by atoms with Crippen LogP contribution < -0.4 is 10.5 Å². The molecular formula is C28H33F3N4O2. The summed E-state index contributed by atoms with van der Waals surface area (Å²) in [4.78, 5) is 12.0. The van der Waals surface area contributed by atoms with Crippen molar-refractivity contribution in [3.05, 3.63) is 53.6 Å². The van der Waals surface area contributed by atoms with Gasteiger partial charge in [-0.3, -0.25) is 9.89 Å². The van der Waals surface area contributed by atoms with Gasteiger partial charge < -0.3 is 15.2 Å². The molecule has 198 valence electrons. The fraction of sp³-hybridized carbons (Fsp3) is 0.500. The standard InChI is InChI=1S/C28H33F3N4O2/c1-4-14-35-24(33-2)27(34-25(35)32)23-16-19(18-6-5-7-22(15-18)37-28(29,30)31)8-9-20(23)17-26(27)12-10-21(36-3)11-13-26/h5-9,15-16,21H,4,10-14,17H2,1-3H3,(H2,32,34)/b33-24-. The summed E-state index contributed by atoms with van der Waals surface area (Å²) >= 11 is 0. The van der Waals surface area contributed by atoms with Gasteiger partial charge in [-0.15, -0.1) is 13.2 Å². The predicted molar refractivity (Wildman–Crippen MR) is 138 cm³/mol. The second-order valence-corrected chi connectivity index (χ2v) is 10.2. The lowest BCUT2D eigenvalue weighted by Crippen LogP contribution is -2.52. The number of methoxy groups -OCH3 is 1. The second kappa shape index (κ2) is 9.35. The normalized spacial score (nSPS) is 28.3. The van der Waals surface area contributed by atoms with Crippen LogP contribution in [0, 0.1) is 5.41 Å². The van der Waals surface area contributed by atoms with E-state index in [4.69, 9.17) is 20.5 Å². The molecule has 0 aromatic heterocycles. The third kappa shape index (κ3) is 4.17. The van der Waals surface area contributed by atoms with Gasteiger partial charge in [-0.25, -0.2) is 4.99 Å². The number of fused-ring (bicyclic) bond motifs is 3. The van der Waals surface area contributed by atoms with Gasteiger partial charge in [0.2, 0.25) is 0 Å². The Morgan fingerprint density at radius 1 is 1.14 bits per heavy atom. The van der Waals surface area contributed by atoms with Crippen LogP contribution in [0.15, 0.2) is 52.4 Å². The van der Waals surface area contributed by atoms with Crippen LogP contribution in [-0.2, 0) is 16.7 Å². The third-order valence-electron chi connectivity index (χ3n) is 8.22. The van der Waals surface area contributed by atoms with E-state index in [1.807, 2.05) is 11.0 Å². The SMILES string of the molecule is CCCN1C(N)=NC2(/C1=N/C)c1cc(-c3cccc(OC(F)(F)F)c3)ccc1CC21CCC(OC)CC1. The first-order valence-electron chi connectivity index (χ1n) is 12.8. The molecule has 0 radical (unpaired) electrons. The molecule has 6 nitrogen and oxygen atoms in total. The molecule has 2 spiro atoms. The average molecular weight is 515 g/mol. The molecule has 2 aromatic carbocycles. The fourth-order valence-corrected chi connectivity index (χ4v) is 6.67. The Morgan fingerprint density at radius 3 is 2.51 bits per heavy atom. The van der Waals surface area contributed by atoms with Crippen molar-refractivity contribution >= 4 is 11.8 Å². The van der Waals surface area contributed by atoms with E-state index in [0.717, 1.165) is 55.5 Å². The smallest absolute Gasteiger partial charge is 0.406 e. The van der Waals surface area contributed by atoms with E-state index in [1.165, 1.54) is 17.7 Å². The van der Waals surface area contributed by atoms with E-state index < -0.39 is 11.9 Å². The van der Waals surface area contributed by atoms with Gasteiger partial charge in [-0.1, -0.05) is 31.2 Å². The summed E-state index contributed by atoms with van der Waals surface area (Å²) < 4.78 is 48.4. The van der Waals surface area contributed by atoms with Crippen LogP contribution in [0.3, 0.4) is 0 Å². The summed E-state index contributed by atoms with van der Waals surface area (Å²) in [6.07, 6.45) is 0.885. The van der Waals surface area contributed by atoms with Crippen LogP contribution >= 0.6 is 0 Å². The Morgan fingerprint density at radius 2 is 1.86 bits per heavy atom. The zero-order valence-corrected chi connectivity index (χ0v) is 21.4. The van der Waals surface area contributed by atoms with Crippen molar-refractivity contribution in [1.82, 2.24) is 4.90 Å². The first-order valence-corrected chi connectivity index (χ1v) is 12.8. The Bertz CT molecular complexity index is 1230. The Kier molecular flexibility index (Phi) is 6.46. The minimum Gasteiger partial charge on any atom is -0.406 e. The van der Waals surface area contributed by atoms with Crippen molar-refractivity contribution in [2.45, 2.75) is 63.5 Å². The molecule has 0 saturated heterocycles. The lowest BCUT2D eigenvalue weighted by molar-refractivity contribution is -0.274. The quantitative estimate of drug-likeness (QED) is 0.560. The summed E-state index contributed by atoms with van der Waals surface area (Å²) in [6, 6.07) is 12.2. The van der Waals surface area contributed by atoms with Crippen molar-refractivity contribution in [2.24, 2.45) is 21.1 Å². The molecule has 1 heterocycles. The monoisotopic (exact) mass is 514 g/mol. The van der Waals surface area contributed by atoms with E-state index in [1.54, 1.807) is 26.3 Å². The molecule has 1 aliphatic heterocycles. The predicted octanol–water partition coefficient (Wildman–Crippen LogP) is 5.65. The zero-order chi connectivity index (χ0) is 26.4. The molecule has 1 atom stereocenters. The molecule has 0 amide bonds. The number of alkyl halides is 3. The lowest BCUT2D eigenvalue weighted by Gasteiger charge is -2.46. The maximum atomic E-state index is 12.9. The van der Waals surface area contributed by atoms with Crippen LogP contribution in [0.1, 0.15) is 50.2 Å². The summed E-state index contributed by atoms with van der Waals surface area (Å²) in [6.45, 7) is 2.81. The maximum absolute atomic E-state index is 12.9. The zero-order valence-electron chi connectivity index (χ0n) is 21.4. The second-order valence-electron chi connectivity index (χ2n) is 10.2. The Hall–Kier alpha value is -3.07. The van der Waals surface area contributed by atoms with Crippen molar-refractivity contribution in [3.8, 4) is 16.9 Å². The number of hydrogen-bond acceptors (Lipinski definition) is 5. The number of benzene rings is 2. The number of halogens is 3. The van der Waals surface area contributed by atoms with Gasteiger partial charge in [0.05, 0.1) is 6.10 Å². The van der Waals surface area contributed by atoms with Gasteiger partial charge in [-0.2, -0.15) is 0 Å². The highest BCUT2D eigenvalue weighted by Crippen LogP contribution is 2.62. The number of nitrogens with two attached hydrogens (primary N) is 1. The van der Waals surface area contributed by atoms with Crippen LogP contribution in [0.5, 0.6) is 5.75 Å². The summed E-state index contributed by atoms with van der Waals surface area (Å²) in [7, 11) is 3.56. The highest BCUT2D eigenvalue weighted by atomic mass is 19.4. The van der Waals surface area contributed by atoms with E-state index in [0.29, 0.717) is 18.1 Å². The number of amidine groups is 1. The lowest BCUT2D eigenvalue weighted by atomic mass is 9.61. The highest BCUT2D eigenvalue weighted by Gasteiger charge is 2.65. The first-order chi connectivity index (χ1) is 17.7. The maximum Gasteiger partial charge on any atom is 0.573 e. The van der Waals surface area contributed by atoms with Gasteiger partial charge in [0, 0.05) is 26.1 Å². The van der Waals surface area contributed by atoms with Crippen LogP contribution in [-0.4, -0.2) is 49.9 Å². The van der Waals surface area contributed by atoms with Crippen LogP contribution in [0.4, 0.5) is 13.2 Å². The molecule has 1 unspecified atom stereocenters. The van der Waals surface area contributed by atoms with E-state index >= 15 is 0 Å². The van der Waals surface area contributed by atoms with Crippen molar-refractivity contribution in [3.63, 3.8) is 0 Å². The third-order valence-corrected chi connectivity index (χ3v) is 8.22. The van der Waals surface area contributed by atoms with E-state index in [-0.39, 0.29) is 17.3 Å². The minimum absolute atomic E-state index is 0.202. The van der Waals surface area contributed by atoms with Crippen molar-refractivity contribution < 1.29 is 22.6 Å². The molecule has 2 N–H and O–H groups in total. The van der Waals surface area contributed by atoms with Crippen LogP contribution in [0.2, 0.25) is 0 Å². The molecule has 37 heavy (non-hydrogen) atoms. The number of ether oxygens (including phenoxy) is 2. The van der Waals surface area contributed by atoms with Gasteiger partial charge in [0.15, 0.2) is 11.5 Å². The highest BCUT2D eigenvalue weighted by molar-refractivity contribution is 6.11. The largest absolute Gasteiger partial charge is 0.573 e.